The van der Waals surface area contributed by atoms with Gasteiger partial charge in [0.05, 0.1) is 29.8 Å². The van der Waals surface area contributed by atoms with Gasteiger partial charge in [-0.05, 0) is 50.3 Å². The van der Waals surface area contributed by atoms with Crippen molar-refractivity contribution in [3.8, 4) is 6.07 Å². The van der Waals surface area contributed by atoms with E-state index in [1.165, 1.54) is 24.9 Å². The highest BCUT2D eigenvalue weighted by Crippen LogP contribution is 2.40. The van der Waals surface area contributed by atoms with Gasteiger partial charge in [-0.3, -0.25) is 19.5 Å². The predicted octanol–water partition coefficient (Wildman–Crippen LogP) is 5.02. The minimum absolute atomic E-state index is 0.0442. The number of amides is 1. The van der Waals surface area contributed by atoms with E-state index in [4.69, 9.17) is 9.44 Å². The van der Waals surface area contributed by atoms with E-state index in [0.29, 0.717) is 36.7 Å². The van der Waals surface area contributed by atoms with Crippen LogP contribution in [0.15, 0.2) is 23.1 Å². The van der Waals surface area contributed by atoms with Gasteiger partial charge in [-0.1, -0.05) is 26.7 Å². The molecule has 1 amide bonds. The Morgan fingerprint density at radius 2 is 2.05 bits per heavy atom. The first-order valence-electron chi connectivity index (χ1n) is 13.3. The fourth-order valence-corrected chi connectivity index (χ4v) is 5.04. The Morgan fingerprint density at radius 3 is 2.60 bits per heavy atom. The van der Waals surface area contributed by atoms with Crippen molar-refractivity contribution in [1.82, 2.24) is 25.0 Å². The molecule has 2 aromatic heterocycles. The molecular weight excluding hydrogens is 545 g/mol. The Bertz CT molecular complexity index is 1150. The van der Waals surface area contributed by atoms with Crippen LogP contribution in [0.5, 0.6) is 0 Å². The van der Waals surface area contributed by atoms with E-state index in [1.807, 2.05) is 34.0 Å². The Labute approximate surface area is 237 Å². The summed E-state index contributed by atoms with van der Waals surface area (Å²) in [7, 11) is 0. The molecule has 40 heavy (non-hydrogen) atoms. The molecule has 1 N–H and O–H groups in total. The molecule has 1 atom stereocenters. The first-order valence-corrected chi connectivity index (χ1v) is 14.3. The number of carbonyl (C=O) groups is 1. The van der Waals surface area contributed by atoms with Crippen LogP contribution < -0.4 is 5.56 Å². The number of pyridine rings is 1. The molecule has 1 fully saturated rings. The number of fused-ring (bicyclic) bond motifs is 1. The van der Waals surface area contributed by atoms with Gasteiger partial charge in [-0.2, -0.15) is 23.5 Å². The number of aryl methyl sites for hydroxylation is 1. The van der Waals surface area contributed by atoms with Gasteiger partial charge in [0.25, 0.3) is 5.56 Å². The first kappa shape index (κ1) is 33.3. The zero-order valence-corrected chi connectivity index (χ0v) is 24.0. The monoisotopic (exact) mass is 582 g/mol. The van der Waals surface area contributed by atoms with Gasteiger partial charge in [0.2, 0.25) is 6.41 Å². The number of hydrogen-bond acceptors (Lipinski definition) is 8. The Balaban J connectivity index is 0.000000237. The molecule has 9 nitrogen and oxygen atoms in total. The van der Waals surface area contributed by atoms with Crippen molar-refractivity contribution in [2.24, 2.45) is 0 Å². The quantitative estimate of drug-likeness (QED) is 0.262. The van der Waals surface area contributed by atoms with Gasteiger partial charge in [0.1, 0.15) is 11.6 Å². The summed E-state index contributed by atoms with van der Waals surface area (Å²) in [5.74, 6) is 0.590. The molecule has 1 aliphatic heterocycles. The topological polar surface area (TPSA) is 115 Å². The van der Waals surface area contributed by atoms with Crippen molar-refractivity contribution in [3.05, 3.63) is 56.8 Å². The molecule has 1 unspecified atom stereocenters. The maximum Gasteiger partial charge on any atom is 0.422 e. The summed E-state index contributed by atoms with van der Waals surface area (Å²) in [6.45, 7) is 9.19. The highest BCUT2D eigenvalue weighted by molar-refractivity contribution is 7.94. The number of aromatic nitrogens is 3. The number of nitrogens with zero attached hydrogens (tertiary/aromatic N) is 5. The predicted molar refractivity (Wildman–Crippen MR) is 147 cm³/mol. The molecular formula is C27H37F3N6O3S. The molecule has 0 aromatic carbocycles. The molecule has 2 aromatic rings. The molecule has 220 valence electrons. The number of nitriles is 1. The normalized spacial score (nSPS) is 16.5. The van der Waals surface area contributed by atoms with Crippen LogP contribution in [0.1, 0.15) is 80.1 Å². The molecule has 2 aliphatic rings. The number of hydrogen-bond donors (Lipinski definition) is 1. The van der Waals surface area contributed by atoms with Crippen molar-refractivity contribution in [1.29, 1.82) is 5.26 Å². The fourth-order valence-electron chi connectivity index (χ4n) is 4.33. The summed E-state index contributed by atoms with van der Waals surface area (Å²) in [6, 6.07) is 5.38. The Hall–Kier alpha value is -2.95. The molecule has 13 heteroatoms. The number of nitrogens with one attached hydrogen (secondary N) is 1. The van der Waals surface area contributed by atoms with E-state index in [1.54, 1.807) is 12.3 Å². The minimum Gasteiger partial charge on any atom is -0.345 e. The fraction of sp³-hybridized carbons (Fsp3) is 0.593. The lowest BCUT2D eigenvalue weighted by Gasteiger charge is -2.30. The number of aromatic amines is 1. The second kappa shape index (κ2) is 17.0. The maximum absolute atomic E-state index is 13.0. The highest BCUT2D eigenvalue weighted by atomic mass is 32.2. The zero-order valence-electron chi connectivity index (χ0n) is 23.2. The molecule has 1 aliphatic carbocycles. The number of halogens is 3. The Kier molecular flexibility index (Phi) is 14.1. The van der Waals surface area contributed by atoms with Crippen molar-refractivity contribution in [2.75, 3.05) is 32.1 Å². The van der Waals surface area contributed by atoms with Gasteiger partial charge in [-0.25, -0.2) is 5.10 Å². The lowest BCUT2D eigenvalue weighted by molar-refractivity contribution is -0.139. The zero-order chi connectivity index (χ0) is 29.5. The van der Waals surface area contributed by atoms with Crippen LogP contribution in [0.4, 0.5) is 13.2 Å². The molecule has 0 radical (unpaired) electrons. The lowest BCUT2D eigenvalue weighted by Crippen LogP contribution is -2.34. The van der Waals surface area contributed by atoms with E-state index < -0.39 is 17.3 Å². The minimum atomic E-state index is -4.64. The molecule has 1 saturated heterocycles. The van der Waals surface area contributed by atoms with E-state index in [2.05, 4.69) is 23.9 Å². The number of unbranched alkanes of at least 4 members (excludes halogenated alkanes) is 2. The summed E-state index contributed by atoms with van der Waals surface area (Å²) >= 11 is 1.28. The van der Waals surface area contributed by atoms with Gasteiger partial charge in [0.15, 0.2) is 0 Å². The van der Waals surface area contributed by atoms with Gasteiger partial charge in [0, 0.05) is 43.6 Å². The van der Waals surface area contributed by atoms with Crippen molar-refractivity contribution in [2.45, 2.75) is 71.5 Å². The Morgan fingerprint density at radius 1 is 1.27 bits per heavy atom. The third-order valence-corrected chi connectivity index (χ3v) is 7.11. The third kappa shape index (κ3) is 10.2. The van der Waals surface area contributed by atoms with Crippen LogP contribution in [0, 0.1) is 18.3 Å². The summed E-state index contributed by atoms with van der Waals surface area (Å²) in [6.07, 6.45) is 3.31. The van der Waals surface area contributed by atoms with Crippen molar-refractivity contribution >= 4 is 18.5 Å². The number of alkyl halides is 3. The van der Waals surface area contributed by atoms with Crippen LogP contribution in [-0.4, -0.2) is 63.5 Å². The average Bonchev–Trinajstić information content (AvgIpc) is 3.37. The standard InChI is InChI=1S/C11H12F3N3O2S.C9H19NO.C7H6N2/c12-11(13,14)8-6-1-2-7(9(6)15-16-10(8)18)17-3-4-19-20-5-17;1-3-5-6-8-10(9-11)7-4-2;1-6-2-3-7(4-8)5-9-6/h7H,1-5H2,(H,16,18);9H,3-8H2,1-2H3;2-3,5H,1H3. The van der Waals surface area contributed by atoms with E-state index in [0.717, 1.165) is 38.0 Å². The summed E-state index contributed by atoms with van der Waals surface area (Å²) in [5.41, 5.74) is -0.309. The second-order valence-electron chi connectivity index (χ2n) is 9.37. The average molecular weight is 583 g/mol. The number of carbonyl (C=O) groups excluding carboxylic acids is 1. The number of H-pyrrole nitrogens is 1. The van der Waals surface area contributed by atoms with E-state index in [9.17, 15) is 22.8 Å². The second-order valence-corrected chi connectivity index (χ2v) is 10.1. The molecule has 4 rings (SSSR count). The van der Waals surface area contributed by atoms with Crippen LogP contribution in [0.2, 0.25) is 0 Å². The van der Waals surface area contributed by atoms with Crippen LogP contribution in [0.3, 0.4) is 0 Å². The molecule has 3 heterocycles. The summed E-state index contributed by atoms with van der Waals surface area (Å²) in [5, 5.41) is 14.2. The SMILES string of the molecule is CCCCCN(C=O)CCC.Cc1ccc(C#N)cn1.O=c1[nH]nc2c(c1C(F)(F)F)CCC2N1CCOSC1. The van der Waals surface area contributed by atoms with Gasteiger partial charge in [-0.15, -0.1) is 0 Å². The van der Waals surface area contributed by atoms with Crippen LogP contribution in [-0.2, 0) is 21.6 Å². The summed E-state index contributed by atoms with van der Waals surface area (Å²) < 4.78 is 44.1. The van der Waals surface area contributed by atoms with Gasteiger partial charge < -0.3 is 9.08 Å². The van der Waals surface area contributed by atoms with Crippen LogP contribution in [0.25, 0.3) is 0 Å². The van der Waals surface area contributed by atoms with E-state index >= 15 is 0 Å². The largest absolute Gasteiger partial charge is 0.422 e. The maximum atomic E-state index is 13.0. The lowest BCUT2D eigenvalue weighted by atomic mass is 10.1. The van der Waals surface area contributed by atoms with E-state index in [-0.39, 0.29) is 18.0 Å². The van der Waals surface area contributed by atoms with Crippen LogP contribution >= 0.6 is 12.0 Å². The van der Waals surface area contributed by atoms with Crippen molar-refractivity contribution < 1.29 is 22.1 Å². The first-order chi connectivity index (χ1) is 19.2. The highest BCUT2D eigenvalue weighted by Gasteiger charge is 2.42. The van der Waals surface area contributed by atoms with Gasteiger partial charge >= 0.3 is 6.18 Å². The van der Waals surface area contributed by atoms with Crippen molar-refractivity contribution in [3.63, 3.8) is 0 Å². The third-order valence-electron chi connectivity index (χ3n) is 6.34. The molecule has 0 bridgehead atoms. The summed E-state index contributed by atoms with van der Waals surface area (Å²) in [4.78, 5) is 29.7. The number of rotatable bonds is 8. The smallest absolute Gasteiger partial charge is 0.345 e. The molecule has 0 saturated carbocycles. The molecule has 0 spiro atoms.